The average molecular weight is 461 g/mol. The van der Waals surface area contributed by atoms with Crippen LogP contribution in [0.5, 0.6) is 0 Å². The van der Waals surface area contributed by atoms with Crippen molar-refractivity contribution in [3.05, 3.63) is 64.7 Å². The maximum atomic E-state index is 13.1. The molecule has 5 nitrogen and oxygen atoms in total. The molecule has 0 bridgehead atoms. The maximum Gasteiger partial charge on any atom is 0.416 e. The van der Waals surface area contributed by atoms with Crippen LogP contribution < -0.4 is 5.32 Å². The van der Waals surface area contributed by atoms with Gasteiger partial charge in [0, 0.05) is 24.7 Å². The lowest BCUT2D eigenvalue weighted by molar-refractivity contribution is -0.138. The molecule has 162 valence electrons. The molecule has 1 aliphatic heterocycles. The Labute approximate surface area is 177 Å². The van der Waals surface area contributed by atoms with E-state index < -0.39 is 33.6 Å². The zero-order valence-electron chi connectivity index (χ0n) is 15.8. The van der Waals surface area contributed by atoms with Crippen LogP contribution in [-0.4, -0.2) is 31.7 Å². The van der Waals surface area contributed by atoms with Gasteiger partial charge in [-0.25, -0.2) is 8.42 Å². The summed E-state index contributed by atoms with van der Waals surface area (Å²) in [5, 5.41) is 2.93. The minimum atomic E-state index is -4.52. The molecule has 1 amide bonds. The number of piperidine rings is 1. The second-order valence-electron chi connectivity index (χ2n) is 7.03. The molecule has 0 spiro atoms. The number of rotatable bonds is 5. The van der Waals surface area contributed by atoms with Crippen LogP contribution >= 0.6 is 11.6 Å². The molecule has 2 aromatic rings. The first-order chi connectivity index (χ1) is 14.1. The van der Waals surface area contributed by atoms with Gasteiger partial charge in [-0.1, -0.05) is 29.8 Å². The summed E-state index contributed by atoms with van der Waals surface area (Å²) in [6.45, 7) is -0.0433. The number of amides is 1. The van der Waals surface area contributed by atoms with Gasteiger partial charge in [-0.05, 0) is 48.7 Å². The zero-order chi connectivity index (χ0) is 21.9. The summed E-state index contributed by atoms with van der Waals surface area (Å²) in [6, 6.07) is 10.8. The molecule has 1 aliphatic rings. The minimum absolute atomic E-state index is 0.0300. The van der Waals surface area contributed by atoms with Crippen LogP contribution in [0.3, 0.4) is 0 Å². The first-order valence-electron chi connectivity index (χ1n) is 9.27. The Bertz CT molecular complexity index is 1010. The van der Waals surface area contributed by atoms with Crippen LogP contribution in [0.15, 0.2) is 53.4 Å². The normalized spacial score (nSPS) is 18.2. The van der Waals surface area contributed by atoms with Crippen LogP contribution in [-0.2, 0) is 27.5 Å². The fourth-order valence-corrected chi connectivity index (χ4v) is 5.06. The number of hydrogen-bond donors (Lipinski definition) is 1. The van der Waals surface area contributed by atoms with Crippen molar-refractivity contribution in [2.24, 2.45) is 5.92 Å². The van der Waals surface area contributed by atoms with Gasteiger partial charge in [0.05, 0.1) is 16.4 Å². The van der Waals surface area contributed by atoms with Gasteiger partial charge in [0.25, 0.3) is 0 Å². The quantitative estimate of drug-likeness (QED) is 0.731. The molecule has 0 aliphatic carbocycles. The van der Waals surface area contributed by atoms with E-state index in [1.807, 2.05) is 0 Å². The predicted molar refractivity (Wildman–Crippen MR) is 106 cm³/mol. The first-order valence-corrected chi connectivity index (χ1v) is 11.1. The Kier molecular flexibility index (Phi) is 6.74. The van der Waals surface area contributed by atoms with Gasteiger partial charge in [0.1, 0.15) is 0 Å². The van der Waals surface area contributed by atoms with Crippen LogP contribution in [0, 0.1) is 5.92 Å². The highest BCUT2D eigenvalue weighted by Gasteiger charge is 2.35. The van der Waals surface area contributed by atoms with Crippen molar-refractivity contribution >= 4 is 27.5 Å². The minimum Gasteiger partial charge on any atom is -0.352 e. The third kappa shape index (κ3) is 5.14. The lowest BCUT2D eigenvalue weighted by atomic mass is 9.98. The number of halogens is 4. The average Bonchev–Trinajstić information content (AvgIpc) is 2.72. The molecular weight excluding hydrogens is 441 g/mol. The van der Waals surface area contributed by atoms with E-state index in [9.17, 15) is 26.4 Å². The van der Waals surface area contributed by atoms with Crippen molar-refractivity contribution in [1.82, 2.24) is 9.62 Å². The lowest BCUT2D eigenvalue weighted by Crippen LogP contribution is -2.45. The number of benzene rings is 2. The van der Waals surface area contributed by atoms with Gasteiger partial charge in [0.15, 0.2) is 0 Å². The Morgan fingerprint density at radius 3 is 2.47 bits per heavy atom. The summed E-state index contributed by atoms with van der Waals surface area (Å²) >= 11 is 5.81. The molecule has 1 heterocycles. The Hall–Kier alpha value is -2.10. The van der Waals surface area contributed by atoms with Crippen LogP contribution in [0.1, 0.15) is 24.0 Å². The second kappa shape index (κ2) is 8.95. The molecule has 2 aromatic carbocycles. The van der Waals surface area contributed by atoms with E-state index in [0.717, 1.165) is 6.07 Å². The van der Waals surface area contributed by atoms with Crippen molar-refractivity contribution in [3.63, 3.8) is 0 Å². The van der Waals surface area contributed by atoms with Crippen molar-refractivity contribution in [1.29, 1.82) is 0 Å². The SMILES string of the molecule is O=C(NCc1ccccc1C(F)(F)F)C1CCCN(S(=O)(=O)c2ccc(Cl)cc2)C1. The lowest BCUT2D eigenvalue weighted by Gasteiger charge is -2.31. The summed E-state index contributed by atoms with van der Waals surface area (Å²) in [4.78, 5) is 12.6. The third-order valence-electron chi connectivity index (χ3n) is 4.98. The molecule has 30 heavy (non-hydrogen) atoms. The number of alkyl halides is 3. The first kappa shape index (κ1) is 22.6. The molecule has 1 unspecified atom stereocenters. The number of hydrogen-bond acceptors (Lipinski definition) is 3. The fourth-order valence-electron chi connectivity index (χ4n) is 3.41. The zero-order valence-corrected chi connectivity index (χ0v) is 17.4. The monoisotopic (exact) mass is 460 g/mol. The summed E-state index contributed by atoms with van der Waals surface area (Å²) in [5.74, 6) is -1.11. The fraction of sp³-hybridized carbons (Fsp3) is 0.350. The van der Waals surface area contributed by atoms with Crippen LogP contribution in [0.2, 0.25) is 5.02 Å². The summed E-state index contributed by atoms with van der Waals surface area (Å²) in [5.41, 5.74) is -0.847. The smallest absolute Gasteiger partial charge is 0.352 e. The molecular formula is C20H20ClF3N2O3S. The number of sulfonamides is 1. The standard InChI is InChI=1S/C20H20ClF3N2O3S/c21-16-7-9-17(10-8-16)30(28,29)26-11-3-5-15(13-26)19(27)25-12-14-4-1-2-6-18(14)20(22,23)24/h1-2,4,6-10,15H,3,5,11-13H2,(H,25,27). The van der Waals surface area contributed by atoms with Gasteiger partial charge < -0.3 is 5.32 Å². The van der Waals surface area contributed by atoms with Crippen molar-refractivity contribution < 1.29 is 26.4 Å². The molecule has 0 aromatic heterocycles. The Morgan fingerprint density at radius 1 is 1.13 bits per heavy atom. The number of nitrogens with zero attached hydrogens (tertiary/aromatic N) is 1. The topological polar surface area (TPSA) is 66.5 Å². The highest BCUT2D eigenvalue weighted by molar-refractivity contribution is 7.89. The maximum absolute atomic E-state index is 13.1. The van der Waals surface area contributed by atoms with E-state index in [4.69, 9.17) is 11.6 Å². The van der Waals surface area contributed by atoms with E-state index in [0.29, 0.717) is 17.9 Å². The second-order valence-corrected chi connectivity index (χ2v) is 9.40. The van der Waals surface area contributed by atoms with Gasteiger partial charge in [-0.15, -0.1) is 0 Å². The van der Waals surface area contributed by atoms with Crippen molar-refractivity contribution in [3.8, 4) is 0 Å². The largest absolute Gasteiger partial charge is 0.416 e. The van der Waals surface area contributed by atoms with E-state index >= 15 is 0 Å². The summed E-state index contributed by atoms with van der Waals surface area (Å²) in [6.07, 6.45) is -3.58. The molecule has 1 N–H and O–H groups in total. The van der Waals surface area contributed by atoms with Crippen LogP contribution in [0.25, 0.3) is 0 Å². The van der Waals surface area contributed by atoms with Gasteiger partial charge >= 0.3 is 6.18 Å². The van der Waals surface area contributed by atoms with Crippen molar-refractivity contribution in [2.45, 2.75) is 30.5 Å². The molecule has 10 heteroatoms. The van der Waals surface area contributed by atoms with Gasteiger partial charge in [-0.2, -0.15) is 17.5 Å². The molecule has 1 saturated heterocycles. The van der Waals surface area contributed by atoms with Crippen molar-refractivity contribution in [2.75, 3.05) is 13.1 Å². The number of nitrogens with one attached hydrogen (secondary N) is 1. The number of carbonyl (C=O) groups excluding carboxylic acids is 1. The summed E-state index contributed by atoms with van der Waals surface area (Å²) in [7, 11) is -3.79. The molecule has 0 radical (unpaired) electrons. The van der Waals surface area contributed by atoms with Gasteiger partial charge in [0.2, 0.25) is 15.9 Å². The Morgan fingerprint density at radius 2 is 1.80 bits per heavy atom. The molecule has 0 saturated carbocycles. The molecule has 1 atom stereocenters. The van der Waals surface area contributed by atoms with E-state index in [-0.39, 0.29) is 30.1 Å². The third-order valence-corrected chi connectivity index (χ3v) is 7.11. The highest BCUT2D eigenvalue weighted by Crippen LogP contribution is 2.32. The van der Waals surface area contributed by atoms with E-state index in [1.165, 1.54) is 46.8 Å². The highest BCUT2D eigenvalue weighted by atomic mass is 35.5. The Balaban J connectivity index is 1.67. The summed E-state index contributed by atoms with van der Waals surface area (Å²) < 4.78 is 66.2. The van der Waals surface area contributed by atoms with Crippen LogP contribution in [0.4, 0.5) is 13.2 Å². The molecule has 1 fully saturated rings. The predicted octanol–water partition coefficient (Wildman–Crippen LogP) is 4.08. The molecule has 3 rings (SSSR count). The van der Waals surface area contributed by atoms with Gasteiger partial charge in [-0.3, -0.25) is 4.79 Å². The number of carbonyl (C=O) groups is 1. The van der Waals surface area contributed by atoms with E-state index in [2.05, 4.69) is 5.32 Å². The van der Waals surface area contributed by atoms with E-state index in [1.54, 1.807) is 0 Å².